The van der Waals surface area contributed by atoms with Gasteiger partial charge in [-0.2, -0.15) is 0 Å². The molecule has 0 atom stereocenters. The van der Waals surface area contributed by atoms with E-state index in [1.165, 1.54) is 0 Å². The van der Waals surface area contributed by atoms with Gasteiger partial charge in [0.25, 0.3) is 0 Å². The Morgan fingerprint density at radius 1 is 1.30 bits per heavy atom. The Bertz CT molecular complexity index is 97.8. The Morgan fingerprint density at radius 2 is 1.90 bits per heavy atom. The minimum absolute atomic E-state index is 0.502. The van der Waals surface area contributed by atoms with Crippen LogP contribution in [0.4, 0.5) is 0 Å². The van der Waals surface area contributed by atoms with Crippen LogP contribution in [0.25, 0.3) is 0 Å². The average molecular weight is 142 g/mol. The number of hydrogen-bond donors (Lipinski definition) is 1. The first-order chi connectivity index (χ1) is 4.56. The highest BCUT2D eigenvalue weighted by Gasteiger charge is 2.09. The Kier molecular flexibility index (Phi) is 4.37. The van der Waals surface area contributed by atoms with Crippen LogP contribution in [0, 0.1) is 0 Å². The summed E-state index contributed by atoms with van der Waals surface area (Å²) in [5.74, 6) is 0. The largest absolute Gasteiger partial charge is 0.390 e. The third kappa shape index (κ3) is 7.70. The van der Waals surface area contributed by atoms with Crippen LogP contribution in [0.2, 0.25) is 0 Å². The van der Waals surface area contributed by atoms with E-state index in [0.717, 1.165) is 19.3 Å². The maximum Gasteiger partial charge on any atom is 0.0594 e. The van der Waals surface area contributed by atoms with E-state index in [1.807, 2.05) is 13.8 Å². The van der Waals surface area contributed by atoms with E-state index in [9.17, 15) is 5.11 Å². The average Bonchev–Trinajstić information content (AvgIpc) is 1.78. The van der Waals surface area contributed by atoms with Gasteiger partial charge in [0.15, 0.2) is 0 Å². The fourth-order valence-electron chi connectivity index (χ4n) is 0.721. The van der Waals surface area contributed by atoms with Gasteiger partial charge in [-0.05, 0) is 33.1 Å². The van der Waals surface area contributed by atoms with Gasteiger partial charge in [-0.15, -0.1) is 0 Å². The van der Waals surface area contributed by atoms with Gasteiger partial charge in [-0.25, -0.2) is 0 Å². The van der Waals surface area contributed by atoms with Crippen molar-refractivity contribution in [3.63, 3.8) is 0 Å². The van der Waals surface area contributed by atoms with Crippen LogP contribution in [0.1, 0.15) is 40.0 Å². The number of hydrogen-bond acceptors (Lipinski definition) is 1. The molecule has 0 aromatic carbocycles. The molecule has 1 N–H and O–H groups in total. The standard InChI is InChI=1S/C9H18O/c1-4-5-6-7-8-9(2,3)10/h5-6,10H,4,7-8H2,1-3H3. The molecule has 0 saturated heterocycles. The first-order valence-electron chi connectivity index (χ1n) is 3.93. The molecule has 0 amide bonds. The quantitative estimate of drug-likeness (QED) is 0.598. The SMILES string of the molecule is CCC=CCCC(C)(C)O. The Labute approximate surface area is 63.8 Å². The Balaban J connectivity index is 3.28. The van der Waals surface area contributed by atoms with Gasteiger partial charge in [-0.3, -0.25) is 0 Å². The first-order valence-corrected chi connectivity index (χ1v) is 3.93. The van der Waals surface area contributed by atoms with Crippen LogP contribution in [0.3, 0.4) is 0 Å². The molecule has 0 rings (SSSR count). The summed E-state index contributed by atoms with van der Waals surface area (Å²) >= 11 is 0. The third-order valence-corrected chi connectivity index (χ3v) is 1.33. The maximum atomic E-state index is 9.28. The van der Waals surface area contributed by atoms with Crippen molar-refractivity contribution in [1.29, 1.82) is 0 Å². The topological polar surface area (TPSA) is 20.2 Å². The zero-order chi connectivity index (χ0) is 8.04. The smallest absolute Gasteiger partial charge is 0.0594 e. The summed E-state index contributed by atoms with van der Waals surface area (Å²) in [6.45, 7) is 5.79. The summed E-state index contributed by atoms with van der Waals surface area (Å²) < 4.78 is 0. The number of rotatable bonds is 4. The van der Waals surface area contributed by atoms with Crippen LogP contribution in [0.15, 0.2) is 12.2 Å². The lowest BCUT2D eigenvalue weighted by Gasteiger charge is -2.14. The van der Waals surface area contributed by atoms with Gasteiger partial charge in [0.1, 0.15) is 0 Å². The summed E-state index contributed by atoms with van der Waals surface area (Å²) in [6, 6.07) is 0. The van der Waals surface area contributed by atoms with Gasteiger partial charge in [-0.1, -0.05) is 19.1 Å². The molecule has 0 aliphatic heterocycles. The van der Waals surface area contributed by atoms with Crippen molar-refractivity contribution in [2.45, 2.75) is 45.6 Å². The summed E-state index contributed by atoms with van der Waals surface area (Å²) in [7, 11) is 0. The highest BCUT2D eigenvalue weighted by molar-refractivity contribution is 4.82. The predicted octanol–water partition coefficient (Wildman–Crippen LogP) is 2.50. The van der Waals surface area contributed by atoms with E-state index in [4.69, 9.17) is 0 Å². The molecule has 0 aromatic rings. The van der Waals surface area contributed by atoms with Gasteiger partial charge in [0.2, 0.25) is 0 Å². The molecule has 0 aliphatic carbocycles. The maximum absolute atomic E-state index is 9.28. The van der Waals surface area contributed by atoms with Crippen LogP contribution >= 0.6 is 0 Å². The molecule has 0 heterocycles. The molecule has 0 bridgehead atoms. The minimum atomic E-state index is -0.502. The molecule has 1 heteroatoms. The zero-order valence-electron chi connectivity index (χ0n) is 7.22. The zero-order valence-corrected chi connectivity index (χ0v) is 7.22. The molecule has 0 fully saturated rings. The van der Waals surface area contributed by atoms with E-state index in [2.05, 4.69) is 19.1 Å². The first kappa shape index (κ1) is 9.70. The molecule has 0 aliphatic rings. The lowest BCUT2D eigenvalue weighted by atomic mass is 10.0. The van der Waals surface area contributed by atoms with E-state index in [0.29, 0.717) is 0 Å². The Morgan fingerprint density at radius 3 is 2.30 bits per heavy atom. The molecule has 0 unspecified atom stereocenters. The fourth-order valence-corrected chi connectivity index (χ4v) is 0.721. The molecular weight excluding hydrogens is 124 g/mol. The van der Waals surface area contributed by atoms with Crippen molar-refractivity contribution >= 4 is 0 Å². The molecule has 0 spiro atoms. The number of allylic oxidation sites excluding steroid dienone is 2. The van der Waals surface area contributed by atoms with Gasteiger partial charge < -0.3 is 5.11 Å². The van der Waals surface area contributed by atoms with Crippen molar-refractivity contribution in [3.05, 3.63) is 12.2 Å². The number of aliphatic hydroxyl groups is 1. The molecule has 0 aromatic heterocycles. The van der Waals surface area contributed by atoms with Crippen molar-refractivity contribution in [1.82, 2.24) is 0 Å². The van der Waals surface area contributed by atoms with E-state index < -0.39 is 5.60 Å². The molecular formula is C9H18O. The van der Waals surface area contributed by atoms with Crippen LogP contribution in [-0.2, 0) is 0 Å². The van der Waals surface area contributed by atoms with Crippen molar-refractivity contribution < 1.29 is 5.11 Å². The van der Waals surface area contributed by atoms with Gasteiger partial charge in [0.05, 0.1) is 5.60 Å². The lowest BCUT2D eigenvalue weighted by molar-refractivity contribution is 0.0721. The molecule has 0 radical (unpaired) electrons. The van der Waals surface area contributed by atoms with E-state index in [-0.39, 0.29) is 0 Å². The van der Waals surface area contributed by atoms with Gasteiger partial charge in [0, 0.05) is 0 Å². The van der Waals surface area contributed by atoms with Crippen molar-refractivity contribution in [2.24, 2.45) is 0 Å². The molecule has 10 heavy (non-hydrogen) atoms. The van der Waals surface area contributed by atoms with Crippen molar-refractivity contribution in [3.8, 4) is 0 Å². The second-order valence-corrected chi connectivity index (χ2v) is 3.23. The monoisotopic (exact) mass is 142 g/mol. The van der Waals surface area contributed by atoms with Crippen LogP contribution < -0.4 is 0 Å². The second-order valence-electron chi connectivity index (χ2n) is 3.23. The summed E-state index contributed by atoms with van der Waals surface area (Å²) in [5, 5.41) is 9.28. The Hall–Kier alpha value is -0.300. The minimum Gasteiger partial charge on any atom is -0.390 e. The third-order valence-electron chi connectivity index (χ3n) is 1.33. The summed E-state index contributed by atoms with van der Waals surface area (Å²) in [5.41, 5.74) is -0.502. The highest BCUT2D eigenvalue weighted by atomic mass is 16.3. The van der Waals surface area contributed by atoms with Crippen LogP contribution in [-0.4, -0.2) is 10.7 Å². The molecule has 60 valence electrons. The van der Waals surface area contributed by atoms with E-state index >= 15 is 0 Å². The highest BCUT2D eigenvalue weighted by Crippen LogP contribution is 2.10. The van der Waals surface area contributed by atoms with Gasteiger partial charge >= 0.3 is 0 Å². The lowest BCUT2D eigenvalue weighted by Crippen LogP contribution is -2.17. The molecule has 1 nitrogen and oxygen atoms in total. The summed E-state index contributed by atoms with van der Waals surface area (Å²) in [4.78, 5) is 0. The molecule has 0 saturated carbocycles. The second kappa shape index (κ2) is 4.51. The fraction of sp³-hybridized carbons (Fsp3) is 0.778. The summed E-state index contributed by atoms with van der Waals surface area (Å²) in [6.07, 6.45) is 7.18. The predicted molar refractivity (Wildman–Crippen MR) is 45.0 cm³/mol. The van der Waals surface area contributed by atoms with Crippen LogP contribution in [0.5, 0.6) is 0 Å². The normalized spacial score (nSPS) is 12.8. The van der Waals surface area contributed by atoms with E-state index in [1.54, 1.807) is 0 Å². The van der Waals surface area contributed by atoms with Crippen molar-refractivity contribution in [2.75, 3.05) is 0 Å².